The van der Waals surface area contributed by atoms with Gasteiger partial charge in [0.25, 0.3) is 0 Å². The molecule has 0 unspecified atom stereocenters. The zero-order valence-corrected chi connectivity index (χ0v) is 12.0. The van der Waals surface area contributed by atoms with Crippen molar-refractivity contribution in [2.24, 2.45) is 0 Å². The van der Waals surface area contributed by atoms with Gasteiger partial charge in [-0.1, -0.05) is 0 Å². The molecule has 94 valence electrons. The molecule has 1 aliphatic heterocycles. The summed E-state index contributed by atoms with van der Waals surface area (Å²) in [7, 11) is 1.69. The predicted molar refractivity (Wildman–Crippen MR) is 71.7 cm³/mol. The number of methoxy groups -OCH3 is 1. The molecule has 0 atom stereocenters. The number of hydrogen-bond donors (Lipinski definition) is 1. The van der Waals surface area contributed by atoms with E-state index in [1.807, 2.05) is 6.07 Å². The Morgan fingerprint density at radius 1 is 1.50 bits per heavy atom. The van der Waals surface area contributed by atoms with Gasteiger partial charge in [-0.2, -0.15) is 0 Å². The molecule has 1 aromatic carbocycles. The van der Waals surface area contributed by atoms with Crippen molar-refractivity contribution in [3.8, 4) is 5.75 Å². The van der Waals surface area contributed by atoms with Crippen molar-refractivity contribution in [2.45, 2.75) is 13.3 Å². The molecule has 0 spiro atoms. The molecule has 0 radical (unpaired) electrons. The number of nitrogens with one attached hydrogen (secondary N) is 1. The fraction of sp³-hybridized carbons (Fsp3) is 0.308. The van der Waals surface area contributed by atoms with E-state index in [4.69, 9.17) is 4.74 Å². The third-order valence-electron chi connectivity index (χ3n) is 3.08. The van der Waals surface area contributed by atoms with Crippen molar-refractivity contribution >= 4 is 36.6 Å². The second-order valence-electron chi connectivity index (χ2n) is 4.29. The summed E-state index contributed by atoms with van der Waals surface area (Å²) in [5.41, 5.74) is 2.67. The summed E-state index contributed by atoms with van der Waals surface area (Å²) in [6.07, 6.45) is 0.896. The number of amides is 1. The number of aromatic nitrogens is 1. The van der Waals surface area contributed by atoms with E-state index in [1.54, 1.807) is 14.0 Å². The summed E-state index contributed by atoms with van der Waals surface area (Å²) in [6, 6.07) is 6.21. The number of carbonyl (C=O) groups excluding carboxylic acids is 1. The van der Waals surface area contributed by atoms with Crippen molar-refractivity contribution in [3.63, 3.8) is 0 Å². The summed E-state index contributed by atoms with van der Waals surface area (Å²) < 4.78 is 9.10. The second-order valence-corrected chi connectivity index (χ2v) is 6.25. The number of benzene rings is 1. The van der Waals surface area contributed by atoms with Crippen molar-refractivity contribution in [1.82, 2.24) is 8.90 Å². The third kappa shape index (κ3) is 1.89. The van der Waals surface area contributed by atoms with E-state index >= 15 is 0 Å². The Balaban J connectivity index is 1.91. The van der Waals surface area contributed by atoms with Gasteiger partial charge in [-0.05, 0) is 0 Å². The van der Waals surface area contributed by atoms with Gasteiger partial charge in [-0.15, -0.1) is 0 Å². The average molecular weight is 309 g/mol. The fourth-order valence-corrected chi connectivity index (χ4v) is 4.11. The normalized spacial score (nSPS) is 12.3. The first kappa shape index (κ1) is 11.6. The number of fused-ring (bicyclic) bond motifs is 3. The number of hydrogen-bond acceptors (Lipinski definition) is 2. The zero-order valence-electron chi connectivity index (χ0n) is 10.3. The zero-order chi connectivity index (χ0) is 12.7. The fourth-order valence-electron chi connectivity index (χ4n) is 2.18. The molecule has 2 heterocycles. The molecule has 18 heavy (non-hydrogen) atoms. The van der Waals surface area contributed by atoms with Gasteiger partial charge in [0.2, 0.25) is 0 Å². The van der Waals surface area contributed by atoms with Crippen LogP contribution in [0.15, 0.2) is 18.2 Å². The first-order valence-electron chi connectivity index (χ1n) is 5.85. The standard InChI is InChI=1S/C13H14N2O2Se/c1-8(16)14-6-5-10-11-7-9(17-2)3-4-12(11)15-13(10)18-15/h3-4,7H,5-6H2,1-2H3,(H,14,16). The van der Waals surface area contributed by atoms with E-state index < -0.39 is 0 Å². The van der Waals surface area contributed by atoms with Gasteiger partial charge in [-0.25, -0.2) is 0 Å². The van der Waals surface area contributed by atoms with Crippen LogP contribution < -0.4 is 14.6 Å². The number of carbonyl (C=O) groups is 1. The van der Waals surface area contributed by atoms with Crippen LogP contribution in [0.5, 0.6) is 5.75 Å². The van der Waals surface area contributed by atoms with E-state index in [-0.39, 0.29) is 5.91 Å². The van der Waals surface area contributed by atoms with Crippen LogP contribution in [0, 0.1) is 0 Å². The molecule has 0 fully saturated rings. The molecule has 0 saturated heterocycles. The SMILES string of the molecule is COc1ccc2c(c1)c(CCNC(C)=O)c1n2[Se]1. The number of nitrogens with zero attached hydrogens (tertiary/aromatic N) is 1. The molecular formula is C13H14N2O2Se. The summed E-state index contributed by atoms with van der Waals surface area (Å²) >= 11 is 0.493. The number of rotatable bonds is 4. The van der Waals surface area contributed by atoms with Crippen molar-refractivity contribution in [2.75, 3.05) is 13.7 Å². The summed E-state index contributed by atoms with van der Waals surface area (Å²) in [5, 5.41) is 4.12. The molecule has 0 aliphatic carbocycles. The van der Waals surface area contributed by atoms with Crippen molar-refractivity contribution < 1.29 is 9.53 Å². The molecule has 0 bridgehead atoms. The van der Waals surface area contributed by atoms with Crippen LogP contribution in [0.3, 0.4) is 0 Å². The summed E-state index contributed by atoms with van der Waals surface area (Å²) in [5.74, 6) is 0.920. The quantitative estimate of drug-likeness (QED) is 0.711. The van der Waals surface area contributed by atoms with E-state index in [9.17, 15) is 4.79 Å². The number of ether oxygens (including phenoxy) is 1. The first-order chi connectivity index (χ1) is 8.70. The van der Waals surface area contributed by atoms with Gasteiger partial charge in [0.15, 0.2) is 0 Å². The van der Waals surface area contributed by atoms with E-state index in [2.05, 4.69) is 21.0 Å². The molecule has 1 aliphatic rings. The molecular weight excluding hydrogens is 295 g/mol. The molecule has 1 N–H and O–H groups in total. The van der Waals surface area contributed by atoms with E-state index in [1.165, 1.54) is 21.1 Å². The van der Waals surface area contributed by atoms with Crippen LogP contribution in [0.1, 0.15) is 12.5 Å². The van der Waals surface area contributed by atoms with Gasteiger partial charge < -0.3 is 0 Å². The van der Waals surface area contributed by atoms with Crippen LogP contribution in [0.4, 0.5) is 0 Å². The van der Waals surface area contributed by atoms with Gasteiger partial charge >= 0.3 is 112 Å². The Bertz CT molecular complexity index is 633. The molecule has 4 nitrogen and oxygen atoms in total. The Labute approximate surface area is 112 Å². The molecule has 1 amide bonds. The minimum absolute atomic E-state index is 0.0302. The van der Waals surface area contributed by atoms with Gasteiger partial charge in [0.1, 0.15) is 0 Å². The van der Waals surface area contributed by atoms with Gasteiger partial charge in [-0.3, -0.25) is 0 Å². The maximum absolute atomic E-state index is 10.9. The predicted octanol–water partition coefficient (Wildman–Crippen LogP) is 0.435. The van der Waals surface area contributed by atoms with E-state index in [0.717, 1.165) is 12.2 Å². The Kier molecular flexibility index (Phi) is 2.80. The summed E-state index contributed by atoms with van der Waals surface area (Å²) in [4.78, 5) is 10.9. The van der Waals surface area contributed by atoms with E-state index in [0.29, 0.717) is 21.7 Å². The molecule has 2 aromatic rings. The first-order valence-corrected chi connectivity index (χ1v) is 7.47. The molecule has 1 aromatic heterocycles. The Hall–Kier alpha value is -1.45. The average Bonchev–Trinajstić information content (AvgIpc) is 3.08. The topological polar surface area (TPSA) is 43.3 Å². The van der Waals surface area contributed by atoms with Crippen LogP contribution in [0.2, 0.25) is 0 Å². The van der Waals surface area contributed by atoms with Crippen LogP contribution >= 0.6 is 0 Å². The molecule has 3 rings (SSSR count). The van der Waals surface area contributed by atoms with Crippen LogP contribution in [0.25, 0.3) is 10.9 Å². The Morgan fingerprint density at radius 3 is 3.06 bits per heavy atom. The van der Waals surface area contributed by atoms with Crippen molar-refractivity contribution in [1.29, 1.82) is 0 Å². The maximum atomic E-state index is 10.9. The van der Waals surface area contributed by atoms with Gasteiger partial charge in [0.05, 0.1) is 0 Å². The molecule has 5 heteroatoms. The summed E-state index contributed by atoms with van der Waals surface area (Å²) in [6.45, 7) is 2.26. The van der Waals surface area contributed by atoms with Gasteiger partial charge in [0, 0.05) is 0 Å². The molecule has 0 saturated carbocycles. The van der Waals surface area contributed by atoms with Crippen LogP contribution in [-0.4, -0.2) is 38.3 Å². The van der Waals surface area contributed by atoms with Crippen LogP contribution in [-0.2, 0) is 11.2 Å². The monoisotopic (exact) mass is 310 g/mol. The minimum atomic E-state index is 0.0302. The third-order valence-corrected chi connectivity index (χ3v) is 5.16. The Morgan fingerprint density at radius 2 is 2.33 bits per heavy atom. The second kappa shape index (κ2) is 4.34. The van der Waals surface area contributed by atoms with Crippen molar-refractivity contribution in [3.05, 3.63) is 23.8 Å².